The average Bonchev–Trinajstić information content (AvgIpc) is 2.96. The summed E-state index contributed by atoms with van der Waals surface area (Å²) >= 11 is 1.24. The molecule has 1 aliphatic heterocycles. The number of thiophene rings is 1. The molecule has 27 heavy (non-hydrogen) atoms. The molecule has 2 atom stereocenters. The van der Waals surface area contributed by atoms with Crippen LogP contribution in [0.1, 0.15) is 28.0 Å². The highest BCUT2D eigenvalue weighted by atomic mass is 32.1. The maximum Gasteiger partial charge on any atom is 0.334 e. The number of aromatic nitrogens is 2. The zero-order chi connectivity index (χ0) is 19.7. The van der Waals surface area contributed by atoms with E-state index in [1.165, 1.54) is 23.3 Å². The third kappa shape index (κ3) is 3.73. The molecule has 3 rings (SSSR count). The van der Waals surface area contributed by atoms with E-state index < -0.39 is 12.1 Å². The molecule has 1 unspecified atom stereocenters. The van der Waals surface area contributed by atoms with Crippen LogP contribution in [0.4, 0.5) is 0 Å². The van der Waals surface area contributed by atoms with Gasteiger partial charge in [0.25, 0.3) is 5.91 Å². The van der Waals surface area contributed by atoms with Gasteiger partial charge in [-0.25, -0.2) is 9.78 Å². The van der Waals surface area contributed by atoms with Crippen LogP contribution in [-0.2, 0) is 20.9 Å². The van der Waals surface area contributed by atoms with Crippen LogP contribution in [0.2, 0.25) is 0 Å². The first-order valence-electron chi connectivity index (χ1n) is 8.36. The van der Waals surface area contributed by atoms with E-state index in [0.29, 0.717) is 38.9 Å². The molecule has 1 aliphatic rings. The molecule has 2 aromatic rings. The fourth-order valence-corrected chi connectivity index (χ4v) is 4.25. The monoisotopic (exact) mass is 395 g/mol. The van der Waals surface area contributed by atoms with E-state index in [2.05, 4.69) is 9.97 Å². The Bertz CT molecular complexity index is 883. The molecule has 1 amide bonds. The molecule has 3 heterocycles. The Labute approximate surface area is 159 Å². The molecule has 0 saturated carbocycles. The number of aryl methyl sites for hydroxylation is 1. The lowest BCUT2D eigenvalue weighted by atomic mass is 10.1. The van der Waals surface area contributed by atoms with E-state index in [1.54, 1.807) is 14.0 Å². The first-order chi connectivity index (χ1) is 12.8. The molecule has 10 heteroatoms. The predicted octanol–water partition coefficient (Wildman–Crippen LogP) is 1.47. The van der Waals surface area contributed by atoms with Crippen molar-refractivity contribution in [1.29, 1.82) is 0 Å². The van der Waals surface area contributed by atoms with E-state index in [1.807, 2.05) is 6.92 Å². The summed E-state index contributed by atoms with van der Waals surface area (Å²) in [5.74, 6) is -0.469. The van der Waals surface area contributed by atoms with Crippen molar-refractivity contribution >= 4 is 33.4 Å². The van der Waals surface area contributed by atoms with Crippen LogP contribution >= 0.6 is 11.3 Å². The zero-order valence-corrected chi connectivity index (χ0v) is 16.3. The Morgan fingerprint density at radius 1 is 1.33 bits per heavy atom. The minimum absolute atomic E-state index is 0.00390. The second-order valence-electron chi connectivity index (χ2n) is 6.30. The number of carboxylic acids is 1. The van der Waals surface area contributed by atoms with Crippen molar-refractivity contribution in [3.8, 4) is 5.88 Å². The molecule has 0 bridgehead atoms. The summed E-state index contributed by atoms with van der Waals surface area (Å²) in [7, 11) is 3.06. The van der Waals surface area contributed by atoms with Gasteiger partial charge in [-0.2, -0.15) is 4.98 Å². The van der Waals surface area contributed by atoms with Gasteiger partial charge in [-0.05, 0) is 19.4 Å². The molecular formula is C17H21N3O6S. The van der Waals surface area contributed by atoms with Gasteiger partial charge in [0.1, 0.15) is 11.4 Å². The number of nitrogens with zero attached hydrogens (tertiary/aromatic N) is 3. The smallest absolute Gasteiger partial charge is 0.334 e. The molecule has 1 fully saturated rings. The quantitative estimate of drug-likeness (QED) is 0.810. The number of carboxylic acid groups (broad SMARTS) is 1. The molecule has 0 radical (unpaired) electrons. The van der Waals surface area contributed by atoms with Gasteiger partial charge in [0.2, 0.25) is 5.88 Å². The molecule has 9 nitrogen and oxygen atoms in total. The molecule has 0 spiro atoms. The van der Waals surface area contributed by atoms with E-state index in [9.17, 15) is 14.7 Å². The van der Waals surface area contributed by atoms with Gasteiger partial charge < -0.3 is 24.2 Å². The number of hydrogen-bond acceptors (Lipinski definition) is 8. The van der Waals surface area contributed by atoms with Gasteiger partial charge in [-0.3, -0.25) is 4.79 Å². The molecule has 2 aromatic heterocycles. The van der Waals surface area contributed by atoms with Crippen LogP contribution in [0.3, 0.4) is 0 Å². The fraction of sp³-hybridized carbons (Fsp3) is 0.529. The number of ether oxygens (including phenoxy) is 3. The summed E-state index contributed by atoms with van der Waals surface area (Å²) in [6.07, 6.45) is -1.39. The number of amides is 1. The summed E-state index contributed by atoms with van der Waals surface area (Å²) in [6.45, 7) is 4.12. The standard InChI is InChI=1S/C17H21N3O6S/c1-8-5-20(6-10(26-8)17(22)23)16(21)13-9(2)12-14(25-4)18-11(7-24-3)19-15(12)27-13/h8,10H,5-7H2,1-4H3,(H,22,23)/t8-,10?/m1/s1. The number of carbonyl (C=O) groups is 2. The van der Waals surface area contributed by atoms with E-state index in [4.69, 9.17) is 14.2 Å². The summed E-state index contributed by atoms with van der Waals surface area (Å²) < 4.78 is 15.8. The number of methoxy groups -OCH3 is 2. The highest BCUT2D eigenvalue weighted by Crippen LogP contribution is 2.36. The lowest BCUT2D eigenvalue weighted by Crippen LogP contribution is -2.51. The predicted molar refractivity (Wildman–Crippen MR) is 97.3 cm³/mol. The molecule has 1 N–H and O–H groups in total. The number of morpholine rings is 1. The van der Waals surface area contributed by atoms with Crippen LogP contribution in [0.15, 0.2) is 0 Å². The molecule has 146 valence electrons. The van der Waals surface area contributed by atoms with Crippen LogP contribution in [-0.4, -0.2) is 71.4 Å². The van der Waals surface area contributed by atoms with Gasteiger partial charge in [0, 0.05) is 13.7 Å². The van der Waals surface area contributed by atoms with Crippen molar-refractivity contribution in [2.75, 3.05) is 27.3 Å². The Balaban J connectivity index is 1.99. The second kappa shape index (κ2) is 7.75. The lowest BCUT2D eigenvalue weighted by molar-refractivity contribution is -0.160. The summed E-state index contributed by atoms with van der Waals surface area (Å²) in [5, 5.41) is 9.92. The van der Waals surface area contributed by atoms with E-state index in [0.717, 1.165) is 0 Å². The Hall–Kier alpha value is -2.30. The Morgan fingerprint density at radius 2 is 2.07 bits per heavy atom. The second-order valence-corrected chi connectivity index (χ2v) is 7.30. The number of hydrogen-bond donors (Lipinski definition) is 1. The van der Waals surface area contributed by atoms with Gasteiger partial charge in [0.15, 0.2) is 11.9 Å². The SMILES string of the molecule is COCc1nc(OC)c2c(C)c(C(=O)N3CC(C(=O)O)O[C@H](C)C3)sc2n1. The van der Waals surface area contributed by atoms with E-state index >= 15 is 0 Å². The van der Waals surface area contributed by atoms with Gasteiger partial charge in [-0.1, -0.05) is 0 Å². The summed E-state index contributed by atoms with van der Waals surface area (Å²) in [4.78, 5) is 35.8. The lowest BCUT2D eigenvalue weighted by Gasteiger charge is -2.34. The van der Waals surface area contributed by atoms with E-state index in [-0.39, 0.29) is 25.2 Å². The van der Waals surface area contributed by atoms with Crippen molar-refractivity contribution in [3.05, 3.63) is 16.3 Å². The van der Waals surface area contributed by atoms with Crippen molar-refractivity contribution < 1.29 is 28.9 Å². The van der Waals surface area contributed by atoms with Crippen LogP contribution < -0.4 is 4.74 Å². The zero-order valence-electron chi connectivity index (χ0n) is 15.5. The first kappa shape index (κ1) is 19.5. The topological polar surface area (TPSA) is 111 Å². The molecule has 0 aromatic carbocycles. The van der Waals surface area contributed by atoms with Crippen molar-refractivity contribution in [2.45, 2.75) is 32.7 Å². The molecular weight excluding hydrogens is 374 g/mol. The number of carbonyl (C=O) groups excluding carboxylic acids is 1. The minimum atomic E-state index is -1.08. The first-order valence-corrected chi connectivity index (χ1v) is 9.17. The minimum Gasteiger partial charge on any atom is -0.480 e. The third-order valence-electron chi connectivity index (χ3n) is 4.29. The number of fused-ring (bicyclic) bond motifs is 1. The summed E-state index contributed by atoms with van der Waals surface area (Å²) in [6, 6.07) is 0. The highest BCUT2D eigenvalue weighted by molar-refractivity contribution is 7.20. The Morgan fingerprint density at radius 3 is 2.70 bits per heavy atom. The maximum absolute atomic E-state index is 13.1. The maximum atomic E-state index is 13.1. The molecule has 0 aliphatic carbocycles. The number of rotatable bonds is 5. The number of aliphatic carboxylic acids is 1. The van der Waals surface area contributed by atoms with Crippen LogP contribution in [0.5, 0.6) is 5.88 Å². The third-order valence-corrected chi connectivity index (χ3v) is 5.46. The Kier molecular flexibility index (Phi) is 5.59. The van der Waals surface area contributed by atoms with Crippen LogP contribution in [0, 0.1) is 6.92 Å². The summed E-state index contributed by atoms with van der Waals surface area (Å²) in [5.41, 5.74) is 0.715. The van der Waals surface area contributed by atoms with Gasteiger partial charge in [-0.15, -0.1) is 11.3 Å². The highest BCUT2D eigenvalue weighted by Gasteiger charge is 2.34. The largest absolute Gasteiger partial charge is 0.480 e. The van der Waals surface area contributed by atoms with Crippen LogP contribution in [0.25, 0.3) is 10.2 Å². The van der Waals surface area contributed by atoms with Gasteiger partial charge >= 0.3 is 5.97 Å². The molecule has 1 saturated heterocycles. The van der Waals surface area contributed by atoms with Gasteiger partial charge in [0.05, 0.1) is 30.0 Å². The fourth-order valence-electron chi connectivity index (χ4n) is 3.09. The normalized spacial score (nSPS) is 20.1. The van der Waals surface area contributed by atoms with Crippen molar-refractivity contribution in [3.63, 3.8) is 0 Å². The average molecular weight is 395 g/mol. The van der Waals surface area contributed by atoms with Crippen molar-refractivity contribution in [2.24, 2.45) is 0 Å². The van der Waals surface area contributed by atoms with Crippen molar-refractivity contribution in [1.82, 2.24) is 14.9 Å².